The molecule has 0 bridgehead atoms. The first-order valence-corrected chi connectivity index (χ1v) is 14.3. The van der Waals surface area contributed by atoms with E-state index in [-0.39, 0.29) is 35.6 Å². The van der Waals surface area contributed by atoms with Gasteiger partial charge in [-0.3, -0.25) is 9.88 Å². The van der Waals surface area contributed by atoms with Gasteiger partial charge in [-0.05, 0) is 61.4 Å². The molecule has 2 fully saturated rings. The Balaban J connectivity index is 1.21. The van der Waals surface area contributed by atoms with Crippen LogP contribution in [0.3, 0.4) is 0 Å². The number of rotatable bonds is 10. The minimum Gasteiger partial charge on any atom is -0.484 e. The van der Waals surface area contributed by atoms with Crippen LogP contribution in [0.2, 0.25) is 0 Å². The number of aromatic nitrogens is 3. The number of carbonyl (C=O) groups is 1. The van der Waals surface area contributed by atoms with Gasteiger partial charge in [0.15, 0.2) is 11.6 Å². The number of carbonyl (C=O) groups excluding carboxylic acids is 1. The van der Waals surface area contributed by atoms with Crippen LogP contribution >= 0.6 is 0 Å². The number of imidazole rings is 1. The van der Waals surface area contributed by atoms with E-state index in [0.29, 0.717) is 49.4 Å². The average molecular weight is 606 g/mol. The summed E-state index contributed by atoms with van der Waals surface area (Å²) in [6, 6.07) is 13.3. The number of alkyl halides is 1. The lowest BCUT2D eigenvalue weighted by Crippen LogP contribution is -2.34. The lowest BCUT2D eigenvalue weighted by Gasteiger charge is -2.28. The van der Waals surface area contributed by atoms with E-state index < -0.39 is 30.3 Å². The second kappa shape index (κ2) is 12.6. The van der Waals surface area contributed by atoms with Crippen molar-refractivity contribution in [1.82, 2.24) is 19.4 Å². The zero-order chi connectivity index (χ0) is 30.8. The maximum atomic E-state index is 14.7. The molecule has 0 radical (unpaired) electrons. The number of benzene rings is 2. The molecule has 2 aromatic carbocycles. The molecule has 0 spiro atoms. The molecule has 0 N–H and O–H groups in total. The number of pyridine rings is 1. The molecule has 12 heteroatoms. The molecule has 2 aliphatic heterocycles. The monoisotopic (exact) mass is 605 g/mol. The molecular weight excluding hydrogens is 575 g/mol. The maximum Gasteiger partial charge on any atom is 0.337 e. The van der Waals surface area contributed by atoms with Crippen molar-refractivity contribution in [3.63, 3.8) is 0 Å². The van der Waals surface area contributed by atoms with Gasteiger partial charge in [-0.15, -0.1) is 0 Å². The molecule has 2 aliphatic rings. The van der Waals surface area contributed by atoms with Gasteiger partial charge in [-0.25, -0.2) is 22.9 Å². The number of hydrogen-bond donors (Lipinski definition) is 0. The van der Waals surface area contributed by atoms with Crippen molar-refractivity contribution in [2.75, 3.05) is 26.9 Å². The summed E-state index contributed by atoms with van der Waals surface area (Å²) in [7, 11) is 1.33. The molecule has 1 unspecified atom stereocenters. The highest BCUT2D eigenvalue weighted by molar-refractivity contribution is 5.93. The Morgan fingerprint density at radius 2 is 1.98 bits per heavy atom. The lowest BCUT2D eigenvalue weighted by atomic mass is 10.0. The summed E-state index contributed by atoms with van der Waals surface area (Å²) in [4.78, 5) is 23.5. The third kappa shape index (κ3) is 5.98. The SMILES string of the molecule is COC(=O)c1ccc2nc(CN3CC(c4ccc(F)c(COc5ccc(C#N)cc5F)n4)C[C@@H]3CF)n(C[C@@H]3CCO3)c2c1. The Bertz CT molecular complexity index is 1740. The summed E-state index contributed by atoms with van der Waals surface area (Å²) >= 11 is 0. The molecule has 0 saturated carbocycles. The van der Waals surface area contributed by atoms with Crippen LogP contribution in [0.1, 0.15) is 51.9 Å². The first-order chi connectivity index (χ1) is 21.4. The largest absolute Gasteiger partial charge is 0.484 e. The number of nitriles is 1. The van der Waals surface area contributed by atoms with Gasteiger partial charge in [0.2, 0.25) is 0 Å². The average Bonchev–Trinajstić information content (AvgIpc) is 3.58. The topological polar surface area (TPSA) is 102 Å². The predicted molar refractivity (Wildman–Crippen MR) is 153 cm³/mol. The van der Waals surface area contributed by atoms with Crippen LogP contribution in [0.4, 0.5) is 13.2 Å². The summed E-state index contributed by atoms with van der Waals surface area (Å²) in [5, 5.41) is 8.93. The van der Waals surface area contributed by atoms with Crippen molar-refractivity contribution in [3.8, 4) is 11.8 Å². The van der Waals surface area contributed by atoms with E-state index in [0.717, 1.165) is 23.8 Å². The first-order valence-electron chi connectivity index (χ1n) is 14.3. The molecule has 3 atom stereocenters. The fourth-order valence-electron chi connectivity index (χ4n) is 5.77. The van der Waals surface area contributed by atoms with Crippen LogP contribution in [-0.4, -0.2) is 64.5 Å². The smallest absolute Gasteiger partial charge is 0.337 e. The van der Waals surface area contributed by atoms with Crippen LogP contribution in [0.5, 0.6) is 5.75 Å². The summed E-state index contributed by atoms with van der Waals surface area (Å²) < 4.78 is 61.4. The number of hydrogen-bond acceptors (Lipinski definition) is 8. The summed E-state index contributed by atoms with van der Waals surface area (Å²) in [5.41, 5.74) is 2.63. The van der Waals surface area contributed by atoms with Crippen LogP contribution < -0.4 is 4.74 Å². The number of methoxy groups -OCH3 is 1. The van der Waals surface area contributed by atoms with Gasteiger partial charge >= 0.3 is 5.97 Å². The quantitative estimate of drug-likeness (QED) is 0.231. The summed E-state index contributed by atoms with van der Waals surface area (Å²) in [6.45, 7) is 1.18. The number of halogens is 3. The fraction of sp³-hybridized carbons (Fsp3) is 0.375. The highest BCUT2D eigenvalue weighted by Crippen LogP contribution is 2.34. The Labute approximate surface area is 251 Å². The Kier molecular flexibility index (Phi) is 8.50. The van der Waals surface area contributed by atoms with Crippen molar-refractivity contribution in [3.05, 3.63) is 88.5 Å². The molecule has 44 heavy (non-hydrogen) atoms. The van der Waals surface area contributed by atoms with Gasteiger partial charge in [0.25, 0.3) is 0 Å². The minimum absolute atomic E-state index is 0.00482. The fourth-order valence-corrected chi connectivity index (χ4v) is 5.77. The standard InChI is InChI=1S/C32H30F3N5O4/c1-42-32(41)20-3-5-27-29(12-20)40(16-23-8-9-43-23)31(38-27)17-39-15-21(11-22(39)13-33)26-6-4-24(34)28(37-26)18-44-30-7-2-19(14-36)10-25(30)35/h2-7,10,12,21-23H,8-9,11,13,15-18H2,1H3/t21?,22-,23+/m1/s1. The van der Waals surface area contributed by atoms with E-state index in [9.17, 15) is 18.0 Å². The van der Waals surface area contributed by atoms with Crippen molar-refractivity contribution < 1.29 is 32.2 Å². The van der Waals surface area contributed by atoms with Crippen molar-refractivity contribution >= 4 is 17.0 Å². The maximum absolute atomic E-state index is 14.7. The zero-order valence-electron chi connectivity index (χ0n) is 24.0. The normalized spacial score (nSPS) is 19.9. The van der Waals surface area contributed by atoms with Crippen LogP contribution in [0.25, 0.3) is 11.0 Å². The molecule has 4 heterocycles. The van der Waals surface area contributed by atoms with Gasteiger partial charge < -0.3 is 18.8 Å². The Hall–Kier alpha value is -4.47. The number of likely N-dealkylation sites (tertiary alicyclic amines) is 1. The molecule has 2 saturated heterocycles. The Morgan fingerprint density at radius 3 is 2.68 bits per heavy atom. The number of fused-ring (bicyclic) bond motifs is 1. The first kappa shape index (κ1) is 29.6. The molecule has 0 aliphatic carbocycles. The molecule has 0 amide bonds. The third-order valence-electron chi connectivity index (χ3n) is 8.26. The van der Waals surface area contributed by atoms with Gasteiger partial charge in [0.05, 0.1) is 54.5 Å². The van der Waals surface area contributed by atoms with Gasteiger partial charge in [0, 0.05) is 30.8 Å². The van der Waals surface area contributed by atoms with E-state index in [1.54, 1.807) is 24.3 Å². The second-order valence-corrected chi connectivity index (χ2v) is 11.0. The van der Waals surface area contributed by atoms with E-state index in [1.807, 2.05) is 15.5 Å². The highest BCUT2D eigenvalue weighted by atomic mass is 19.1. The molecule has 2 aromatic heterocycles. The second-order valence-electron chi connectivity index (χ2n) is 11.0. The number of esters is 1. The van der Waals surface area contributed by atoms with E-state index >= 15 is 0 Å². The molecular formula is C32H30F3N5O4. The molecule has 228 valence electrons. The third-order valence-corrected chi connectivity index (χ3v) is 8.26. The Morgan fingerprint density at radius 1 is 1.14 bits per heavy atom. The minimum atomic E-state index is -0.728. The van der Waals surface area contributed by atoms with Crippen LogP contribution in [-0.2, 0) is 29.2 Å². The number of ether oxygens (including phenoxy) is 3. The van der Waals surface area contributed by atoms with Crippen molar-refractivity contribution in [2.24, 2.45) is 0 Å². The summed E-state index contributed by atoms with van der Waals surface area (Å²) in [6.07, 6.45) is 1.41. The zero-order valence-corrected chi connectivity index (χ0v) is 24.0. The predicted octanol–water partition coefficient (Wildman–Crippen LogP) is 5.06. The van der Waals surface area contributed by atoms with E-state index in [1.165, 1.54) is 25.3 Å². The molecule has 4 aromatic rings. The van der Waals surface area contributed by atoms with E-state index in [4.69, 9.17) is 24.5 Å². The van der Waals surface area contributed by atoms with Gasteiger partial charge in [0.1, 0.15) is 30.6 Å². The van der Waals surface area contributed by atoms with Crippen molar-refractivity contribution in [2.45, 2.75) is 50.6 Å². The van der Waals surface area contributed by atoms with Gasteiger partial charge in [-0.1, -0.05) is 0 Å². The van der Waals surface area contributed by atoms with E-state index in [2.05, 4.69) is 4.98 Å². The molecule has 9 nitrogen and oxygen atoms in total. The van der Waals surface area contributed by atoms with Crippen LogP contribution in [0.15, 0.2) is 48.5 Å². The van der Waals surface area contributed by atoms with Crippen LogP contribution in [0, 0.1) is 23.0 Å². The number of nitrogens with zero attached hydrogens (tertiary/aromatic N) is 5. The lowest BCUT2D eigenvalue weighted by molar-refractivity contribution is -0.0592. The summed E-state index contributed by atoms with van der Waals surface area (Å²) in [5.74, 6) is -1.34. The highest BCUT2D eigenvalue weighted by Gasteiger charge is 2.35. The van der Waals surface area contributed by atoms with Crippen molar-refractivity contribution in [1.29, 1.82) is 5.26 Å². The molecule has 6 rings (SSSR count). The van der Waals surface area contributed by atoms with Gasteiger partial charge in [-0.2, -0.15) is 5.26 Å².